The van der Waals surface area contributed by atoms with Crippen LogP contribution in [0.1, 0.15) is 16.1 Å². The fraction of sp³-hybridized carbons (Fsp3) is 0.111. The third-order valence-corrected chi connectivity index (χ3v) is 4.03. The molecule has 0 fully saturated rings. The summed E-state index contributed by atoms with van der Waals surface area (Å²) in [6.45, 7) is 1.83. The van der Waals surface area contributed by atoms with Gasteiger partial charge >= 0.3 is 0 Å². The Bertz CT molecular complexity index is 893. The van der Waals surface area contributed by atoms with Crippen molar-refractivity contribution in [1.82, 2.24) is 4.98 Å². The van der Waals surface area contributed by atoms with Gasteiger partial charge in [0.15, 0.2) is 0 Å². The predicted molar refractivity (Wildman–Crippen MR) is 95.1 cm³/mol. The Morgan fingerprint density at radius 2 is 2.00 bits per heavy atom. The van der Waals surface area contributed by atoms with Crippen molar-refractivity contribution in [3.63, 3.8) is 0 Å². The predicted octanol–water partition coefficient (Wildman–Crippen LogP) is 4.57. The van der Waals surface area contributed by atoms with Crippen LogP contribution in [0, 0.1) is 6.92 Å². The van der Waals surface area contributed by atoms with Crippen LogP contribution in [-0.4, -0.2) is 18.0 Å². The third-order valence-electron chi connectivity index (χ3n) is 3.54. The Hall–Kier alpha value is -2.40. The topological polar surface area (TPSA) is 51.2 Å². The second kappa shape index (κ2) is 6.38. The van der Waals surface area contributed by atoms with Crippen molar-refractivity contribution < 1.29 is 9.53 Å². The van der Waals surface area contributed by atoms with Crippen molar-refractivity contribution in [3.05, 3.63) is 64.3 Å². The first-order valence-corrected chi connectivity index (χ1v) is 7.88. The number of aromatic nitrogens is 1. The highest BCUT2D eigenvalue weighted by Gasteiger charge is 2.12. The highest BCUT2D eigenvalue weighted by atomic mass is 79.9. The van der Waals surface area contributed by atoms with Crippen molar-refractivity contribution >= 4 is 38.4 Å². The minimum atomic E-state index is -0.183. The summed E-state index contributed by atoms with van der Waals surface area (Å²) in [6, 6.07) is 14.9. The van der Waals surface area contributed by atoms with Crippen LogP contribution in [0.25, 0.3) is 10.9 Å². The Kier molecular flexibility index (Phi) is 4.30. The van der Waals surface area contributed by atoms with E-state index in [1.54, 1.807) is 7.11 Å². The summed E-state index contributed by atoms with van der Waals surface area (Å²) >= 11 is 3.39. The maximum absolute atomic E-state index is 12.5. The first-order chi connectivity index (χ1) is 11.1. The SMILES string of the molecule is COc1ccc2nc(C)c(C(=O)Nc3cccc(Br)c3)cc2c1. The van der Waals surface area contributed by atoms with Gasteiger partial charge in [-0.05, 0) is 49.4 Å². The molecule has 1 heterocycles. The zero-order valence-electron chi connectivity index (χ0n) is 12.8. The van der Waals surface area contributed by atoms with Gasteiger partial charge in [0.1, 0.15) is 5.75 Å². The molecule has 23 heavy (non-hydrogen) atoms. The molecule has 0 unspecified atom stereocenters. The molecule has 3 rings (SSSR count). The Morgan fingerprint density at radius 1 is 1.17 bits per heavy atom. The molecule has 1 amide bonds. The molecule has 0 aliphatic carbocycles. The molecule has 0 saturated heterocycles. The van der Waals surface area contributed by atoms with Gasteiger partial charge in [-0.1, -0.05) is 22.0 Å². The number of benzene rings is 2. The van der Waals surface area contributed by atoms with E-state index in [9.17, 15) is 4.79 Å². The molecule has 0 atom stereocenters. The molecule has 116 valence electrons. The van der Waals surface area contributed by atoms with E-state index >= 15 is 0 Å². The van der Waals surface area contributed by atoms with E-state index in [0.29, 0.717) is 11.3 Å². The zero-order valence-corrected chi connectivity index (χ0v) is 14.3. The van der Waals surface area contributed by atoms with E-state index < -0.39 is 0 Å². The van der Waals surface area contributed by atoms with Crippen molar-refractivity contribution in [2.45, 2.75) is 6.92 Å². The maximum Gasteiger partial charge on any atom is 0.257 e. The van der Waals surface area contributed by atoms with Crippen LogP contribution in [0.3, 0.4) is 0 Å². The molecule has 4 nitrogen and oxygen atoms in total. The van der Waals surface area contributed by atoms with E-state index in [-0.39, 0.29) is 5.91 Å². The van der Waals surface area contributed by atoms with Crippen LogP contribution in [0.4, 0.5) is 5.69 Å². The van der Waals surface area contributed by atoms with Gasteiger partial charge in [-0.15, -0.1) is 0 Å². The summed E-state index contributed by atoms with van der Waals surface area (Å²) in [5.41, 5.74) is 2.80. The summed E-state index contributed by atoms with van der Waals surface area (Å²) in [5, 5.41) is 3.76. The van der Waals surface area contributed by atoms with E-state index in [4.69, 9.17) is 4.74 Å². The van der Waals surface area contributed by atoms with Gasteiger partial charge in [0.05, 0.1) is 23.9 Å². The van der Waals surface area contributed by atoms with E-state index in [1.807, 2.05) is 55.5 Å². The molecule has 1 N–H and O–H groups in total. The molecule has 2 aromatic carbocycles. The van der Waals surface area contributed by atoms with E-state index in [2.05, 4.69) is 26.2 Å². The number of aryl methyl sites for hydroxylation is 1. The van der Waals surface area contributed by atoms with E-state index in [0.717, 1.165) is 26.8 Å². The number of hydrogen-bond acceptors (Lipinski definition) is 3. The number of nitrogens with zero attached hydrogens (tertiary/aromatic N) is 1. The molecule has 0 aliphatic heterocycles. The van der Waals surface area contributed by atoms with Crippen LogP contribution in [0.5, 0.6) is 5.75 Å². The first kappa shape index (κ1) is 15.5. The van der Waals surface area contributed by atoms with E-state index in [1.165, 1.54) is 0 Å². The van der Waals surface area contributed by atoms with Crippen molar-refractivity contribution in [2.24, 2.45) is 0 Å². The standard InChI is InChI=1S/C18H15BrN2O2/c1-11-16(18(22)21-14-5-3-4-13(19)10-14)9-12-8-15(23-2)6-7-17(12)20-11/h3-10H,1-2H3,(H,21,22). The largest absolute Gasteiger partial charge is 0.497 e. The number of halogens is 1. The second-order valence-electron chi connectivity index (χ2n) is 5.14. The number of amides is 1. The summed E-state index contributed by atoms with van der Waals surface area (Å²) in [4.78, 5) is 17.1. The fourth-order valence-corrected chi connectivity index (χ4v) is 2.77. The molecule has 5 heteroatoms. The minimum Gasteiger partial charge on any atom is -0.497 e. The number of rotatable bonds is 3. The van der Waals surface area contributed by atoms with Gasteiger partial charge in [-0.25, -0.2) is 0 Å². The number of pyridine rings is 1. The second-order valence-corrected chi connectivity index (χ2v) is 6.06. The van der Waals surface area contributed by atoms with Gasteiger partial charge in [0.25, 0.3) is 5.91 Å². The van der Waals surface area contributed by atoms with Gasteiger partial charge in [-0.3, -0.25) is 9.78 Å². The normalized spacial score (nSPS) is 10.6. The number of carbonyl (C=O) groups excluding carboxylic acids is 1. The Morgan fingerprint density at radius 3 is 2.74 bits per heavy atom. The zero-order chi connectivity index (χ0) is 16.4. The van der Waals surface area contributed by atoms with Crippen LogP contribution < -0.4 is 10.1 Å². The number of anilines is 1. The molecule has 0 spiro atoms. The third kappa shape index (κ3) is 3.35. The number of nitrogens with one attached hydrogen (secondary N) is 1. The van der Waals surface area contributed by atoms with Crippen molar-refractivity contribution in [2.75, 3.05) is 12.4 Å². The monoisotopic (exact) mass is 370 g/mol. The average Bonchev–Trinajstić information content (AvgIpc) is 2.53. The van der Waals surface area contributed by atoms with Crippen LogP contribution in [0.2, 0.25) is 0 Å². The lowest BCUT2D eigenvalue weighted by Crippen LogP contribution is -2.14. The molecule has 0 aliphatic rings. The van der Waals surface area contributed by atoms with Gasteiger partial charge in [0.2, 0.25) is 0 Å². The number of hydrogen-bond donors (Lipinski definition) is 1. The summed E-state index contributed by atoms with van der Waals surface area (Å²) in [5.74, 6) is 0.555. The highest BCUT2D eigenvalue weighted by Crippen LogP contribution is 2.23. The lowest BCUT2D eigenvalue weighted by atomic mass is 10.1. The van der Waals surface area contributed by atoms with Crippen LogP contribution in [-0.2, 0) is 0 Å². The smallest absolute Gasteiger partial charge is 0.257 e. The lowest BCUT2D eigenvalue weighted by molar-refractivity contribution is 0.102. The molecule has 1 aromatic heterocycles. The van der Waals surface area contributed by atoms with Gasteiger partial charge in [-0.2, -0.15) is 0 Å². The summed E-state index contributed by atoms with van der Waals surface area (Å²) < 4.78 is 6.14. The Balaban J connectivity index is 1.97. The maximum atomic E-state index is 12.5. The highest BCUT2D eigenvalue weighted by molar-refractivity contribution is 9.10. The number of ether oxygens (including phenoxy) is 1. The minimum absolute atomic E-state index is 0.183. The molecular weight excluding hydrogens is 356 g/mol. The molecule has 0 bridgehead atoms. The average molecular weight is 371 g/mol. The molecule has 0 radical (unpaired) electrons. The lowest BCUT2D eigenvalue weighted by Gasteiger charge is -2.10. The number of methoxy groups -OCH3 is 1. The molecular formula is C18H15BrN2O2. The van der Waals surface area contributed by atoms with Crippen LogP contribution >= 0.6 is 15.9 Å². The number of carbonyl (C=O) groups is 1. The fourth-order valence-electron chi connectivity index (χ4n) is 2.37. The van der Waals surface area contributed by atoms with Crippen molar-refractivity contribution in [3.8, 4) is 5.75 Å². The first-order valence-electron chi connectivity index (χ1n) is 7.09. The quantitative estimate of drug-likeness (QED) is 0.734. The number of fused-ring (bicyclic) bond motifs is 1. The molecule has 3 aromatic rings. The summed E-state index contributed by atoms with van der Waals surface area (Å²) in [6.07, 6.45) is 0. The van der Waals surface area contributed by atoms with Crippen LogP contribution in [0.15, 0.2) is 53.0 Å². The Labute approximate surface area is 142 Å². The molecule has 0 saturated carbocycles. The van der Waals surface area contributed by atoms with Gasteiger partial charge in [0, 0.05) is 15.5 Å². The van der Waals surface area contributed by atoms with Gasteiger partial charge < -0.3 is 10.1 Å². The van der Waals surface area contributed by atoms with Crippen molar-refractivity contribution in [1.29, 1.82) is 0 Å². The summed E-state index contributed by atoms with van der Waals surface area (Å²) in [7, 11) is 1.61.